The Morgan fingerprint density at radius 1 is 1.05 bits per heavy atom. The lowest BCUT2D eigenvalue weighted by molar-refractivity contribution is 0.0277. The summed E-state index contributed by atoms with van der Waals surface area (Å²) in [6, 6.07) is 8.29. The quantitative estimate of drug-likeness (QED) is 0.908. The van der Waals surface area contributed by atoms with Crippen molar-refractivity contribution in [2.45, 2.75) is 24.9 Å². The third kappa shape index (κ3) is 3.10. The average Bonchev–Trinajstić information content (AvgIpc) is 3.42. The molecule has 1 atom stereocenters. The van der Waals surface area contributed by atoms with Crippen LogP contribution in [0.15, 0.2) is 36.7 Å². The summed E-state index contributed by atoms with van der Waals surface area (Å²) in [5.74, 6) is 1.34. The van der Waals surface area contributed by atoms with Gasteiger partial charge in [-0.05, 0) is 42.0 Å². The van der Waals surface area contributed by atoms with Crippen molar-refractivity contribution in [3.63, 3.8) is 0 Å². The van der Waals surface area contributed by atoms with Gasteiger partial charge in [-0.1, -0.05) is 12.1 Å². The van der Waals surface area contributed by atoms with Crippen molar-refractivity contribution in [2.75, 3.05) is 25.0 Å². The number of hydrogen-bond acceptors (Lipinski definition) is 5. The van der Waals surface area contributed by atoms with E-state index in [0.29, 0.717) is 11.9 Å². The fraction of sp³-hybridized carbons (Fsp3) is 0.412. The summed E-state index contributed by atoms with van der Waals surface area (Å²) < 4.78 is 5.76. The molecule has 1 saturated heterocycles. The number of rotatable bonds is 4. The van der Waals surface area contributed by atoms with Crippen molar-refractivity contribution >= 4 is 11.6 Å². The Balaban J connectivity index is 1.41. The van der Waals surface area contributed by atoms with E-state index >= 15 is 0 Å². The summed E-state index contributed by atoms with van der Waals surface area (Å²) in [6.07, 6.45) is 6.56. The van der Waals surface area contributed by atoms with Crippen molar-refractivity contribution < 1.29 is 4.74 Å². The molecule has 2 heterocycles. The Hall–Kier alpha value is -1.98. The summed E-state index contributed by atoms with van der Waals surface area (Å²) in [4.78, 5) is 8.78. The van der Waals surface area contributed by atoms with Gasteiger partial charge in [-0.3, -0.25) is 0 Å². The van der Waals surface area contributed by atoms with Crippen LogP contribution in [0.1, 0.15) is 36.0 Å². The molecule has 5 nitrogen and oxygen atoms in total. The topological polar surface area (TPSA) is 59.1 Å². The van der Waals surface area contributed by atoms with Crippen molar-refractivity contribution in [1.82, 2.24) is 15.3 Å². The third-order valence-electron chi connectivity index (χ3n) is 4.19. The predicted molar refractivity (Wildman–Crippen MR) is 85.3 cm³/mol. The fourth-order valence-corrected chi connectivity index (χ4v) is 2.72. The molecule has 22 heavy (non-hydrogen) atoms. The van der Waals surface area contributed by atoms with Crippen molar-refractivity contribution in [1.29, 1.82) is 0 Å². The summed E-state index contributed by atoms with van der Waals surface area (Å²) >= 11 is 0. The van der Waals surface area contributed by atoms with Gasteiger partial charge in [-0.25, -0.2) is 9.97 Å². The molecular weight excluding hydrogens is 276 g/mol. The van der Waals surface area contributed by atoms with Crippen LogP contribution < -0.4 is 10.6 Å². The van der Waals surface area contributed by atoms with Gasteiger partial charge >= 0.3 is 0 Å². The van der Waals surface area contributed by atoms with E-state index in [1.807, 2.05) is 24.5 Å². The molecule has 1 unspecified atom stereocenters. The molecule has 0 spiro atoms. The van der Waals surface area contributed by atoms with Gasteiger partial charge in [0, 0.05) is 31.2 Å². The monoisotopic (exact) mass is 296 g/mol. The van der Waals surface area contributed by atoms with Crippen LogP contribution >= 0.6 is 0 Å². The molecule has 2 aliphatic rings. The van der Waals surface area contributed by atoms with E-state index in [-0.39, 0.29) is 6.10 Å². The summed E-state index contributed by atoms with van der Waals surface area (Å²) in [5, 5.41) is 6.59. The molecule has 0 bridgehead atoms. The van der Waals surface area contributed by atoms with E-state index < -0.39 is 0 Å². The molecule has 1 aromatic heterocycles. The normalized spacial score (nSPS) is 21.5. The highest BCUT2D eigenvalue weighted by Crippen LogP contribution is 2.39. The molecule has 2 fully saturated rings. The second-order valence-corrected chi connectivity index (χ2v) is 5.92. The first-order valence-corrected chi connectivity index (χ1v) is 7.90. The number of nitrogens with zero attached hydrogens (tertiary/aromatic N) is 2. The van der Waals surface area contributed by atoms with Gasteiger partial charge < -0.3 is 15.4 Å². The Labute approximate surface area is 130 Å². The highest BCUT2D eigenvalue weighted by Gasteiger charge is 2.24. The SMILES string of the molecule is c1cc(C2CNCCO2)ccc1Nc1ncc(C2CC2)cn1. The zero-order valence-electron chi connectivity index (χ0n) is 12.5. The number of morpholine rings is 1. The van der Waals surface area contributed by atoms with Crippen LogP contribution in [0.5, 0.6) is 0 Å². The number of anilines is 2. The standard InChI is InChI=1S/C17H20N4O/c1-2-12(1)14-9-19-17(20-10-14)21-15-5-3-13(4-6-15)16-11-18-7-8-22-16/h3-6,9-10,12,16,18H,1-2,7-8,11H2,(H,19,20,21). The van der Waals surface area contributed by atoms with Crippen molar-refractivity contribution in [3.8, 4) is 0 Å². The fourth-order valence-electron chi connectivity index (χ4n) is 2.72. The predicted octanol–water partition coefficient (Wildman–Crippen LogP) is 2.76. The Morgan fingerprint density at radius 2 is 1.82 bits per heavy atom. The van der Waals surface area contributed by atoms with Gasteiger partial charge in [0.1, 0.15) is 0 Å². The van der Waals surface area contributed by atoms with Crippen LogP contribution in [0.4, 0.5) is 11.6 Å². The molecule has 1 saturated carbocycles. The Kier molecular flexibility index (Phi) is 3.74. The van der Waals surface area contributed by atoms with E-state index in [2.05, 4.69) is 32.7 Å². The maximum Gasteiger partial charge on any atom is 0.227 e. The van der Waals surface area contributed by atoms with Crippen LogP contribution in [-0.2, 0) is 4.74 Å². The van der Waals surface area contributed by atoms with Crippen molar-refractivity contribution in [2.24, 2.45) is 0 Å². The number of nitrogens with one attached hydrogen (secondary N) is 2. The zero-order valence-corrected chi connectivity index (χ0v) is 12.5. The first-order chi connectivity index (χ1) is 10.9. The van der Waals surface area contributed by atoms with Gasteiger partial charge in [0.15, 0.2) is 0 Å². The molecule has 0 radical (unpaired) electrons. The lowest BCUT2D eigenvalue weighted by Gasteiger charge is -2.24. The van der Waals surface area contributed by atoms with Crippen LogP contribution in [0, 0.1) is 0 Å². The number of ether oxygens (including phenoxy) is 1. The molecule has 2 N–H and O–H groups in total. The highest BCUT2D eigenvalue weighted by molar-refractivity contribution is 5.53. The van der Waals surface area contributed by atoms with Gasteiger partial charge in [0.25, 0.3) is 0 Å². The minimum Gasteiger partial charge on any atom is -0.371 e. The number of aromatic nitrogens is 2. The van der Waals surface area contributed by atoms with Crippen LogP contribution in [-0.4, -0.2) is 29.7 Å². The molecular formula is C17H20N4O. The first-order valence-electron chi connectivity index (χ1n) is 7.90. The molecule has 1 aliphatic carbocycles. The Bertz CT molecular complexity index is 616. The molecule has 2 aromatic rings. The minimum atomic E-state index is 0.150. The molecule has 0 amide bonds. The van der Waals surface area contributed by atoms with Gasteiger partial charge in [0.2, 0.25) is 5.95 Å². The van der Waals surface area contributed by atoms with E-state index in [1.54, 1.807) is 0 Å². The van der Waals surface area contributed by atoms with Crippen molar-refractivity contribution in [3.05, 3.63) is 47.8 Å². The molecule has 5 heteroatoms. The van der Waals surface area contributed by atoms with Crippen LogP contribution in [0.25, 0.3) is 0 Å². The van der Waals surface area contributed by atoms with E-state index in [9.17, 15) is 0 Å². The van der Waals surface area contributed by atoms with Crippen LogP contribution in [0.2, 0.25) is 0 Å². The first kappa shape index (κ1) is 13.7. The lowest BCUT2D eigenvalue weighted by Crippen LogP contribution is -2.33. The highest BCUT2D eigenvalue weighted by atomic mass is 16.5. The second-order valence-electron chi connectivity index (χ2n) is 5.92. The number of hydrogen-bond donors (Lipinski definition) is 2. The van der Waals surface area contributed by atoms with Gasteiger partial charge in [-0.2, -0.15) is 0 Å². The van der Waals surface area contributed by atoms with E-state index in [0.717, 1.165) is 25.4 Å². The summed E-state index contributed by atoms with van der Waals surface area (Å²) in [5.41, 5.74) is 3.44. The van der Waals surface area contributed by atoms with E-state index in [4.69, 9.17) is 4.74 Å². The molecule has 1 aromatic carbocycles. The third-order valence-corrected chi connectivity index (χ3v) is 4.19. The Morgan fingerprint density at radius 3 is 2.45 bits per heavy atom. The molecule has 4 rings (SSSR count). The minimum absolute atomic E-state index is 0.150. The second kappa shape index (κ2) is 6.02. The summed E-state index contributed by atoms with van der Waals surface area (Å²) in [6.45, 7) is 2.58. The zero-order chi connectivity index (χ0) is 14.8. The molecule has 114 valence electrons. The van der Waals surface area contributed by atoms with Gasteiger partial charge in [0.05, 0.1) is 12.7 Å². The maximum absolute atomic E-state index is 5.76. The summed E-state index contributed by atoms with van der Waals surface area (Å²) in [7, 11) is 0. The average molecular weight is 296 g/mol. The number of benzene rings is 1. The van der Waals surface area contributed by atoms with Gasteiger partial charge in [-0.15, -0.1) is 0 Å². The van der Waals surface area contributed by atoms with Crippen LogP contribution in [0.3, 0.4) is 0 Å². The van der Waals surface area contributed by atoms with E-state index in [1.165, 1.54) is 24.0 Å². The smallest absolute Gasteiger partial charge is 0.227 e. The maximum atomic E-state index is 5.76. The molecule has 1 aliphatic heterocycles. The lowest BCUT2D eigenvalue weighted by atomic mass is 10.1. The largest absolute Gasteiger partial charge is 0.371 e.